The van der Waals surface area contributed by atoms with Gasteiger partial charge in [0.15, 0.2) is 0 Å². The highest BCUT2D eigenvalue weighted by Crippen LogP contribution is 2.18. The SMILES string of the molecule is O=C(CCNS(=O)(=O)c1ccc(Cl)cc1)Nc1nnc(CCCc2ccccc2)s1. The monoisotopic (exact) mass is 464 g/mol. The van der Waals surface area contributed by atoms with Crippen molar-refractivity contribution in [3.05, 3.63) is 70.2 Å². The Labute approximate surface area is 184 Å². The van der Waals surface area contributed by atoms with Gasteiger partial charge < -0.3 is 5.32 Å². The van der Waals surface area contributed by atoms with Crippen LogP contribution in [0, 0.1) is 0 Å². The number of halogens is 1. The molecular weight excluding hydrogens is 444 g/mol. The molecule has 0 unspecified atom stereocenters. The van der Waals surface area contributed by atoms with Gasteiger partial charge in [-0.25, -0.2) is 13.1 Å². The molecule has 3 aromatic rings. The number of aryl methyl sites for hydroxylation is 2. The van der Waals surface area contributed by atoms with Crippen molar-refractivity contribution >= 4 is 44.0 Å². The standard InChI is InChI=1S/C20H21ClN4O3S2/c21-16-9-11-17(12-10-16)30(27,28)22-14-13-18(26)23-20-25-24-19(29-20)8-4-7-15-5-2-1-3-6-15/h1-3,5-6,9-12,22H,4,7-8,13-14H2,(H,23,25,26). The van der Waals surface area contributed by atoms with Gasteiger partial charge in [0.1, 0.15) is 5.01 Å². The number of nitrogens with zero attached hydrogens (tertiary/aromatic N) is 2. The Morgan fingerprint density at radius 1 is 1.00 bits per heavy atom. The number of carbonyl (C=O) groups excluding carboxylic acids is 1. The average Bonchev–Trinajstić information content (AvgIpc) is 3.16. The molecule has 158 valence electrons. The third-order valence-electron chi connectivity index (χ3n) is 4.18. The van der Waals surface area contributed by atoms with Gasteiger partial charge in [-0.15, -0.1) is 10.2 Å². The highest BCUT2D eigenvalue weighted by Gasteiger charge is 2.14. The Balaban J connectivity index is 1.40. The summed E-state index contributed by atoms with van der Waals surface area (Å²) in [5.74, 6) is -0.333. The number of amides is 1. The summed E-state index contributed by atoms with van der Waals surface area (Å²) in [5, 5.41) is 12.4. The minimum absolute atomic E-state index is 0.0181. The topological polar surface area (TPSA) is 101 Å². The minimum Gasteiger partial charge on any atom is -0.300 e. The van der Waals surface area contributed by atoms with Gasteiger partial charge in [-0.3, -0.25) is 4.79 Å². The van der Waals surface area contributed by atoms with E-state index in [1.54, 1.807) is 0 Å². The highest BCUT2D eigenvalue weighted by molar-refractivity contribution is 7.89. The van der Waals surface area contributed by atoms with Crippen LogP contribution in [0.5, 0.6) is 0 Å². The second kappa shape index (κ2) is 10.6. The number of aromatic nitrogens is 2. The smallest absolute Gasteiger partial charge is 0.240 e. The van der Waals surface area contributed by atoms with Gasteiger partial charge in [0.25, 0.3) is 0 Å². The summed E-state index contributed by atoms with van der Waals surface area (Å²) < 4.78 is 26.8. The summed E-state index contributed by atoms with van der Waals surface area (Å²) in [4.78, 5) is 12.2. The van der Waals surface area contributed by atoms with Crippen molar-refractivity contribution in [3.63, 3.8) is 0 Å². The predicted octanol–water partition coefficient (Wildman–Crippen LogP) is 3.67. The van der Waals surface area contributed by atoms with Crippen molar-refractivity contribution in [3.8, 4) is 0 Å². The van der Waals surface area contributed by atoms with Crippen LogP contribution < -0.4 is 10.0 Å². The van der Waals surface area contributed by atoms with Gasteiger partial charge in [0.05, 0.1) is 4.90 Å². The minimum atomic E-state index is -3.69. The van der Waals surface area contributed by atoms with Crippen molar-refractivity contribution in [2.75, 3.05) is 11.9 Å². The Hall–Kier alpha value is -2.33. The molecule has 3 rings (SSSR count). The maximum atomic E-state index is 12.2. The normalized spacial score (nSPS) is 11.4. The number of sulfonamides is 1. The maximum absolute atomic E-state index is 12.2. The lowest BCUT2D eigenvalue weighted by atomic mass is 10.1. The first kappa shape index (κ1) is 22.4. The Morgan fingerprint density at radius 3 is 2.47 bits per heavy atom. The van der Waals surface area contributed by atoms with Crippen LogP contribution in [0.3, 0.4) is 0 Å². The van der Waals surface area contributed by atoms with Crippen molar-refractivity contribution in [2.24, 2.45) is 0 Å². The summed E-state index contributed by atoms with van der Waals surface area (Å²) in [6, 6.07) is 16.0. The van der Waals surface area contributed by atoms with E-state index in [2.05, 4.69) is 32.4 Å². The molecule has 0 aliphatic carbocycles. The highest BCUT2D eigenvalue weighted by atomic mass is 35.5. The van der Waals surface area contributed by atoms with E-state index in [1.807, 2.05) is 18.2 Å². The molecule has 0 fully saturated rings. The lowest BCUT2D eigenvalue weighted by Gasteiger charge is -2.06. The van der Waals surface area contributed by atoms with Crippen LogP contribution in [-0.2, 0) is 27.7 Å². The first-order chi connectivity index (χ1) is 14.4. The van der Waals surface area contributed by atoms with Crippen molar-refractivity contribution in [1.82, 2.24) is 14.9 Å². The summed E-state index contributed by atoms with van der Waals surface area (Å²) >= 11 is 7.09. The molecule has 2 aromatic carbocycles. The van der Waals surface area contributed by atoms with E-state index < -0.39 is 10.0 Å². The molecule has 0 aliphatic heterocycles. The van der Waals surface area contributed by atoms with Crippen LogP contribution in [0.2, 0.25) is 5.02 Å². The fourth-order valence-electron chi connectivity index (χ4n) is 2.67. The number of hydrogen-bond donors (Lipinski definition) is 2. The molecule has 0 spiro atoms. The molecule has 2 N–H and O–H groups in total. The van der Waals surface area contributed by atoms with Crippen molar-refractivity contribution < 1.29 is 13.2 Å². The summed E-state index contributed by atoms with van der Waals surface area (Å²) in [5.41, 5.74) is 1.27. The molecule has 30 heavy (non-hydrogen) atoms. The van der Waals surface area contributed by atoms with Crippen LogP contribution in [0.15, 0.2) is 59.5 Å². The predicted molar refractivity (Wildman–Crippen MR) is 118 cm³/mol. The molecule has 1 amide bonds. The Morgan fingerprint density at radius 2 is 1.73 bits per heavy atom. The second-order valence-electron chi connectivity index (χ2n) is 6.49. The summed E-state index contributed by atoms with van der Waals surface area (Å²) in [7, 11) is -3.69. The molecular formula is C20H21ClN4O3S2. The van der Waals surface area contributed by atoms with Gasteiger partial charge in [-0.05, 0) is 42.7 Å². The molecule has 0 aliphatic rings. The van der Waals surface area contributed by atoms with Gasteiger partial charge in [0.2, 0.25) is 21.1 Å². The molecule has 0 saturated carbocycles. The maximum Gasteiger partial charge on any atom is 0.240 e. The zero-order valence-electron chi connectivity index (χ0n) is 16.0. The number of nitrogens with one attached hydrogen (secondary N) is 2. The van der Waals surface area contributed by atoms with Gasteiger partial charge in [0, 0.05) is 24.4 Å². The number of anilines is 1. The number of hydrogen-bond acceptors (Lipinski definition) is 6. The number of benzene rings is 2. The molecule has 1 aromatic heterocycles. The fraction of sp³-hybridized carbons (Fsp3) is 0.250. The van der Waals surface area contributed by atoms with Crippen LogP contribution in [0.4, 0.5) is 5.13 Å². The molecule has 0 atom stereocenters. The van der Waals surface area contributed by atoms with Crippen LogP contribution in [-0.4, -0.2) is 31.1 Å². The quantitative estimate of drug-likeness (QED) is 0.476. The van der Waals surface area contributed by atoms with Crippen LogP contribution in [0.1, 0.15) is 23.4 Å². The molecule has 7 nitrogen and oxygen atoms in total. The average molecular weight is 465 g/mol. The zero-order valence-corrected chi connectivity index (χ0v) is 18.4. The van der Waals surface area contributed by atoms with Gasteiger partial charge in [-0.2, -0.15) is 0 Å². The Kier molecular flexibility index (Phi) is 7.92. The largest absolute Gasteiger partial charge is 0.300 e. The van der Waals surface area contributed by atoms with Crippen LogP contribution >= 0.6 is 22.9 Å². The van der Waals surface area contributed by atoms with E-state index in [1.165, 1.54) is 41.2 Å². The Bertz CT molecular complexity index is 1070. The second-order valence-corrected chi connectivity index (χ2v) is 9.76. The third kappa shape index (κ3) is 6.88. The molecule has 1 heterocycles. The van der Waals surface area contributed by atoms with E-state index in [-0.39, 0.29) is 23.8 Å². The van der Waals surface area contributed by atoms with Gasteiger partial charge >= 0.3 is 0 Å². The molecule has 0 radical (unpaired) electrons. The summed E-state index contributed by atoms with van der Waals surface area (Å²) in [6.07, 6.45) is 2.66. The van der Waals surface area contributed by atoms with Gasteiger partial charge in [-0.1, -0.05) is 53.3 Å². The molecule has 0 bridgehead atoms. The van der Waals surface area contributed by atoms with E-state index in [0.29, 0.717) is 10.2 Å². The first-order valence-corrected chi connectivity index (χ1v) is 12.0. The van der Waals surface area contributed by atoms with E-state index in [0.717, 1.165) is 24.3 Å². The number of rotatable bonds is 10. The summed E-state index contributed by atoms with van der Waals surface area (Å²) in [6.45, 7) is -0.0282. The van der Waals surface area contributed by atoms with E-state index in [4.69, 9.17) is 11.6 Å². The number of carbonyl (C=O) groups is 1. The van der Waals surface area contributed by atoms with E-state index in [9.17, 15) is 13.2 Å². The lowest BCUT2D eigenvalue weighted by molar-refractivity contribution is -0.116. The first-order valence-electron chi connectivity index (χ1n) is 9.34. The zero-order chi connectivity index (χ0) is 21.4. The van der Waals surface area contributed by atoms with Crippen LogP contribution in [0.25, 0.3) is 0 Å². The third-order valence-corrected chi connectivity index (χ3v) is 6.81. The van der Waals surface area contributed by atoms with Crippen molar-refractivity contribution in [1.29, 1.82) is 0 Å². The van der Waals surface area contributed by atoms with Crippen molar-refractivity contribution in [2.45, 2.75) is 30.6 Å². The molecule has 0 saturated heterocycles. The lowest BCUT2D eigenvalue weighted by Crippen LogP contribution is -2.27. The fourth-order valence-corrected chi connectivity index (χ4v) is 4.63. The van der Waals surface area contributed by atoms with E-state index >= 15 is 0 Å². The molecule has 10 heteroatoms.